The van der Waals surface area contributed by atoms with Crippen molar-refractivity contribution in [3.8, 4) is 17.0 Å². The third-order valence-electron chi connectivity index (χ3n) is 7.65. The Bertz CT molecular complexity index is 1360. The number of carbonyl (C=O) groups excluding carboxylic acids is 1. The minimum Gasteiger partial charge on any atom is -0.476 e. The van der Waals surface area contributed by atoms with Crippen LogP contribution in [0.25, 0.3) is 22.2 Å². The van der Waals surface area contributed by atoms with Crippen molar-refractivity contribution in [2.75, 3.05) is 26.2 Å². The fourth-order valence-electron chi connectivity index (χ4n) is 5.38. The van der Waals surface area contributed by atoms with Gasteiger partial charge in [0.2, 0.25) is 5.88 Å². The van der Waals surface area contributed by atoms with Crippen molar-refractivity contribution >= 4 is 16.8 Å². The van der Waals surface area contributed by atoms with Gasteiger partial charge in [0.25, 0.3) is 0 Å². The van der Waals surface area contributed by atoms with Crippen LogP contribution in [-0.2, 0) is 0 Å². The highest BCUT2D eigenvalue weighted by Gasteiger charge is 2.32. The van der Waals surface area contributed by atoms with Crippen LogP contribution in [0.3, 0.4) is 0 Å². The van der Waals surface area contributed by atoms with Crippen molar-refractivity contribution in [1.29, 1.82) is 0 Å². The molecule has 1 saturated heterocycles. The van der Waals surface area contributed by atoms with Crippen LogP contribution >= 0.6 is 0 Å². The number of unbranched alkanes of at least 4 members (excludes halogenated alkanes) is 3. The molecule has 0 bridgehead atoms. The highest BCUT2D eigenvalue weighted by Crippen LogP contribution is 2.35. The van der Waals surface area contributed by atoms with E-state index in [4.69, 9.17) is 4.74 Å². The second-order valence-corrected chi connectivity index (χ2v) is 10.4. The van der Waals surface area contributed by atoms with Crippen LogP contribution in [0.5, 0.6) is 5.88 Å². The van der Waals surface area contributed by atoms with Crippen LogP contribution in [0, 0.1) is 0 Å². The fraction of sp³-hybridized carbons (Fsp3) is 0.452. The first-order valence-corrected chi connectivity index (χ1v) is 14.1. The minimum atomic E-state index is -1.67. The average Bonchev–Trinajstić information content (AvgIpc) is 3.62. The summed E-state index contributed by atoms with van der Waals surface area (Å²) in [4.78, 5) is 27.7. The number of fused-ring (bicyclic) bond motifs is 1. The number of nitrogens with one attached hydrogen (secondary N) is 1. The van der Waals surface area contributed by atoms with Gasteiger partial charge in [-0.05, 0) is 56.5 Å². The first-order valence-electron chi connectivity index (χ1n) is 14.1. The van der Waals surface area contributed by atoms with Crippen molar-refractivity contribution in [3.05, 3.63) is 65.4 Å². The molecule has 1 N–H and O–H groups in total. The number of likely N-dealkylation sites (tertiary alicyclic amines) is 1. The minimum absolute atomic E-state index is 0.0155. The van der Waals surface area contributed by atoms with E-state index in [1.54, 1.807) is 18.5 Å². The number of halogens is 2. The summed E-state index contributed by atoms with van der Waals surface area (Å²) in [6.07, 6.45) is 11.8. The van der Waals surface area contributed by atoms with Gasteiger partial charge >= 0.3 is 0 Å². The molecule has 0 amide bonds. The van der Waals surface area contributed by atoms with Crippen LogP contribution in [0.15, 0.2) is 59.8 Å². The maximum absolute atomic E-state index is 15.4. The second kappa shape index (κ2) is 12.6. The molecule has 0 aromatic carbocycles. The maximum atomic E-state index is 15.4. The van der Waals surface area contributed by atoms with Gasteiger partial charge in [0.15, 0.2) is 5.78 Å². The normalized spacial score (nSPS) is 18.1. The zero-order chi connectivity index (χ0) is 27.2. The van der Waals surface area contributed by atoms with Crippen molar-refractivity contribution < 1.29 is 18.3 Å². The number of ether oxygens (including phenoxy) is 1. The predicted octanol–water partition coefficient (Wildman–Crippen LogP) is 7.14. The molecular formula is C31H36F2N4O2. The number of pyridine rings is 2. The van der Waals surface area contributed by atoms with Crippen LogP contribution in [0.4, 0.5) is 8.78 Å². The highest BCUT2D eigenvalue weighted by molar-refractivity contribution is 6.17. The number of ketones is 1. The van der Waals surface area contributed by atoms with Gasteiger partial charge < -0.3 is 9.72 Å². The number of allylic oxidation sites excluding steroid dienone is 4. The number of hydrogen-bond donors (Lipinski definition) is 1. The van der Waals surface area contributed by atoms with Crippen LogP contribution in [0.2, 0.25) is 0 Å². The number of rotatable bonds is 12. The smallest absolute Gasteiger partial charge is 0.213 e. The van der Waals surface area contributed by atoms with Crippen LogP contribution in [-0.4, -0.2) is 58.0 Å². The molecule has 6 nitrogen and oxygen atoms in total. The Labute approximate surface area is 228 Å². The summed E-state index contributed by atoms with van der Waals surface area (Å²) in [5.74, 6) is -0.792. The summed E-state index contributed by atoms with van der Waals surface area (Å²) < 4.78 is 36.1. The molecular weight excluding hydrogens is 498 g/mol. The summed E-state index contributed by atoms with van der Waals surface area (Å²) in [6, 6.07) is 5.52. The van der Waals surface area contributed by atoms with E-state index < -0.39 is 17.8 Å². The molecule has 1 aliphatic carbocycles. The number of aromatic nitrogens is 3. The predicted molar refractivity (Wildman–Crippen MR) is 149 cm³/mol. The molecule has 1 aliphatic heterocycles. The molecule has 39 heavy (non-hydrogen) atoms. The van der Waals surface area contributed by atoms with Gasteiger partial charge in [-0.25, -0.2) is 18.7 Å². The van der Waals surface area contributed by atoms with E-state index in [1.807, 2.05) is 18.2 Å². The number of H-pyrrole nitrogens is 1. The van der Waals surface area contributed by atoms with Gasteiger partial charge in [-0.2, -0.15) is 0 Å². The Balaban J connectivity index is 1.32. The first kappa shape index (κ1) is 27.2. The topological polar surface area (TPSA) is 71.1 Å². The molecule has 206 valence electrons. The summed E-state index contributed by atoms with van der Waals surface area (Å²) >= 11 is 0. The Hall–Kier alpha value is -3.39. The van der Waals surface area contributed by atoms with Gasteiger partial charge in [-0.1, -0.05) is 32.3 Å². The van der Waals surface area contributed by atoms with E-state index in [0.717, 1.165) is 56.4 Å². The Morgan fingerprint density at radius 2 is 1.95 bits per heavy atom. The van der Waals surface area contributed by atoms with Gasteiger partial charge in [0.05, 0.1) is 5.57 Å². The van der Waals surface area contributed by atoms with E-state index in [9.17, 15) is 9.18 Å². The van der Waals surface area contributed by atoms with E-state index in [2.05, 4.69) is 26.8 Å². The van der Waals surface area contributed by atoms with Crippen molar-refractivity contribution in [2.45, 2.75) is 64.5 Å². The SMILES string of the molecule is CCCCCCC1=CCC(F)C(C(=O)c2c[nH]c3ncc(-c4ccc(OCCN5CCCC5)nc4)cc23)=C1F. The first-order chi connectivity index (χ1) is 19.0. The van der Waals surface area contributed by atoms with Gasteiger partial charge in [-0.3, -0.25) is 9.69 Å². The summed E-state index contributed by atoms with van der Waals surface area (Å²) in [5.41, 5.74) is 2.31. The van der Waals surface area contributed by atoms with E-state index in [-0.39, 0.29) is 17.6 Å². The number of Topliss-reactive ketones (excluding diaryl/α,β-unsaturated/α-hetero) is 1. The lowest BCUT2D eigenvalue weighted by molar-refractivity contribution is 0.101. The lowest BCUT2D eigenvalue weighted by atomic mass is 9.88. The lowest BCUT2D eigenvalue weighted by Gasteiger charge is -2.19. The molecule has 0 saturated carbocycles. The molecule has 3 aromatic rings. The number of hydrogen-bond acceptors (Lipinski definition) is 5. The van der Waals surface area contributed by atoms with Gasteiger partial charge in [-0.15, -0.1) is 0 Å². The zero-order valence-electron chi connectivity index (χ0n) is 22.5. The van der Waals surface area contributed by atoms with Crippen LogP contribution < -0.4 is 4.74 Å². The van der Waals surface area contributed by atoms with E-state index in [1.165, 1.54) is 19.0 Å². The molecule has 8 heteroatoms. The molecule has 2 aliphatic rings. The fourth-order valence-corrected chi connectivity index (χ4v) is 5.38. The number of nitrogens with zero attached hydrogens (tertiary/aromatic N) is 3. The molecule has 1 atom stereocenters. The maximum Gasteiger partial charge on any atom is 0.213 e. The number of carbonyl (C=O) groups is 1. The summed E-state index contributed by atoms with van der Waals surface area (Å²) in [5, 5.41) is 0.523. The van der Waals surface area contributed by atoms with Gasteiger partial charge in [0, 0.05) is 59.7 Å². The Kier molecular flexibility index (Phi) is 8.81. The lowest BCUT2D eigenvalue weighted by Crippen LogP contribution is -2.25. The van der Waals surface area contributed by atoms with Gasteiger partial charge in [0.1, 0.15) is 24.3 Å². The molecule has 1 unspecified atom stereocenters. The van der Waals surface area contributed by atoms with Crippen molar-refractivity contribution in [2.24, 2.45) is 0 Å². The highest BCUT2D eigenvalue weighted by atomic mass is 19.1. The van der Waals surface area contributed by atoms with Crippen molar-refractivity contribution in [3.63, 3.8) is 0 Å². The summed E-state index contributed by atoms with van der Waals surface area (Å²) in [7, 11) is 0. The van der Waals surface area contributed by atoms with E-state index >= 15 is 4.39 Å². The molecule has 0 spiro atoms. The molecule has 4 heterocycles. The third-order valence-corrected chi connectivity index (χ3v) is 7.65. The zero-order valence-corrected chi connectivity index (χ0v) is 22.5. The monoisotopic (exact) mass is 534 g/mol. The van der Waals surface area contributed by atoms with E-state index in [0.29, 0.717) is 35.5 Å². The van der Waals surface area contributed by atoms with Crippen molar-refractivity contribution in [1.82, 2.24) is 19.9 Å². The second-order valence-electron chi connectivity index (χ2n) is 10.4. The quantitative estimate of drug-likeness (QED) is 0.197. The number of aromatic amines is 1. The standard InChI is InChI=1S/C31H36F2N4O2/c1-2-3-4-5-8-21-9-11-26(32)28(29(21)33)30(38)25-20-36-31-24(25)17-23(19-35-31)22-10-12-27(34-18-22)39-16-15-37-13-6-7-14-37/h9-10,12,17-20,26H,2-8,11,13-16H2,1H3,(H,35,36). The van der Waals surface area contributed by atoms with Crippen LogP contribution in [0.1, 0.15) is 68.6 Å². The summed E-state index contributed by atoms with van der Waals surface area (Å²) in [6.45, 7) is 5.85. The molecule has 5 rings (SSSR count). The Morgan fingerprint density at radius 3 is 2.72 bits per heavy atom. The largest absolute Gasteiger partial charge is 0.476 e. The number of alkyl halides is 1. The Morgan fingerprint density at radius 1 is 1.13 bits per heavy atom. The average molecular weight is 535 g/mol. The molecule has 3 aromatic heterocycles. The third kappa shape index (κ3) is 6.27. The molecule has 0 radical (unpaired) electrons. The molecule has 1 fully saturated rings.